The predicted octanol–water partition coefficient (Wildman–Crippen LogP) is 6.92. The van der Waals surface area contributed by atoms with Crippen molar-refractivity contribution >= 4 is 29.0 Å². The third-order valence-electron chi connectivity index (χ3n) is 4.76. The molecule has 1 aromatic heterocycles. The molecule has 0 aliphatic rings. The fourth-order valence-corrected chi connectivity index (χ4v) is 3.12. The van der Waals surface area contributed by atoms with E-state index in [-0.39, 0.29) is 0 Å². The minimum Gasteiger partial charge on any atom is -0.311 e. The summed E-state index contributed by atoms with van der Waals surface area (Å²) in [6.07, 6.45) is 5.39. The second-order valence-corrected chi connectivity index (χ2v) is 7.06. The average molecular weight is 377 g/mol. The van der Waals surface area contributed by atoms with E-state index >= 15 is 0 Å². The number of pyridine rings is 1. The van der Waals surface area contributed by atoms with Crippen molar-refractivity contribution in [2.45, 2.75) is 13.8 Å². The summed E-state index contributed by atoms with van der Waals surface area (Å²) in [5.74, 6) is 0. The molecule has 142 valence electrons. The van der Waals surface area contributed by atoms with Gasteiger partial charge in [-0.25, -0.2) is 0 Å². The molecule has 3 nitrogen and oxygen atoms in total. The highest BCUT2D eigenvalue weighted by Gasteiger charge is 2.12. The Bertz CT molecular complexity index is 1040. The summed E-state index contributed by atoms with van der Waals surface area (Å²) in [6.45, 7) is 4.21. The number of aromatic nitrogens is 1. The van der Waals surface area contributed by atoms with Crippen molar-refractivity contribution in [1.29, 1.82) is 0 Å². The summed E-state index contributed by atoms with van der Waals surface area (Å²) in [5.41, 5.74) is 7.81. The standard InChI is InChI=1S/C26H23N3/c1-20-3-9-24(10-4-20)29(25-11-5-21(2)6-12-25)26-13-7-23(8-14-26)28-19-22-15-17-27-18-16-22/h3-19H,1-2H3. The SMILES string of the molecule is Cc1ccc(N(c2ccc(C)cc2)c2ccc(N=Cc3ccncc3)cc2)cc1. The van der Waals surface area contributed by atoms with Crippen LogP contribution in [0.5, 0.6) is 0 Å². The third kappa shape index (κ3) is 4.58. The van der Waals surface area contributed by atoms with Crippen LogP contribution in [0.1, 0.15) is 16.7 Å². The molecular weight excluding hydrogens is 354 g/mol. The molecule has 0 aliphatic carbocycles. The maximum absolute atomic E-state index is 4.57. The number of aliphatic imine (C=N–C) groups is 1. The Morgan fingerprint density at radius 2 is 1.07 bits per heavy atom. The predicted molar refractivity (Wildman–Crippen MR) is 122 cm³/mol. The first kappa shape index (κ1) is 18.6. The Morgan fingerprint density at radius 1 is 0.621 bits per heavy atom. The summed E-state index contributed by atoms with van der Waals surface area (Å²) in [5, 5.41) is 0. The summed E-state index contributed by atoms with van der Waals surface area (Å²) >= 11 is 0. The highest BCUT2D eigenvalue weighted by Crippen LogP contribution is 2.35. The van der Waals surface area contributed by atoms with E-state index in [0.29, 0.717) is 0 Å². The van der Waals surface area contributed by atoms with Gasteiger partial charge in [0.1, 0.15) is 0 Å². The van der Waals surface area contributed by atoms with E-state index in [1.807, 2.05) is 30.5 Å². The van der Waals surface area contributed by atoms with E-state index < -0.39 is 0 Å². The Labute approximate surface area is 172 Å². The van der Waals surface area contributed by atoms with E-state index in [1.165, 1.54) is 11.1 Å². The Morgan fingerprint density at radius 3 is 1.55 bits per heavy atom. The number of nitrogens with zero attached hydrogens (tertiary/aromatic N) is 3. The van der Waals surface area contributed by atoms with Gasteiger partial charge in [0, 0.05) is 35.7 Å². The van der Waals surface area contributed by atoms with Crippen molar-refractivity contribution in [2.75, 3.05) is 4.90 Å². The van der Waals surface area contributed by atoms with Crippen molar-refractivity contribution in [2.24, 2.45) is 4.99 Å². The minimum absolute atomic E-state index is 0.915. The fraction of sp³-hybridized carbons (Fsp3) is 0.0769. The van der Waals surface area contributed by atoms with Crippen LogP contribution in [0, 0.1) is 13.8 Å². The second-order valence-electron chi connectivity index (χ2n) is 7.06. The molecule has 0 saturated carbocycles. The van der Waals surface area contributed by atoms with Gasteiger partial charge >= 0.3 is 0 Å². The number of hydrogen-bond acceptors (Lipinski definition) is 3. The molecule has 0 bridgehead atoms. The first-order chi connectivity index (χ1) is 14.2. The molecule has 0 aliphatic heterocycles. The van der Waals surface area contributed by atoms with E-state index in [9.17, 15) is 0 Å². The van der Waals surface area contributed by atoms with Crippen molar-refractivity contribution < 1.29 is 0 Å². The number of rotatable bonds is 5. The van der Waals surface area contributed by atoms with Crippen LogP contribution in [-0.4, -0.2) is 11.2 Å². The zero-order valence-corrected chi connectivity index (χ0v) is 16.7. The van der Waals surface area contributed by atoms with E-state index in [0.717, 1.165) is 28.3 Å². The molecule has 0 atom stereocenters. The van der Waals surface area contributed by atoms with Crippen LogP contribution in [0.3, 0.4) is 0 Å². The summed E-state index contributed by atoms with van der Waals surface area (Å²) < 4.78 is 0. The highest BCUT2D eigenvalue weighted by atomic mass is 15.1. The smallest absolute Gasteiger partial charge is 0.0631 e. The van der Waals surface area contributed by atoms with Gasteiger partial charge in [-0.2, -0.15) is 0 Å². The molecule has 0 spiro atoms. The topological polar surface area (TPSA) is 28.5 Å². The molecule has 0 N–H and O–H groups in total. The first-order valence-electron chi connectivity index (χ1n) is 9.67. The molecular formula is C26H23N3. The number of hydrogen-bond donors (Lipinski definition) is 0. The molecule has 1 heterocycles. The molecule has 0 radical (unpaired) electrons. The first-order valence-corrected chi connectivity index (χ1v) is 9.67. The van der Waals surface area contributed by atoms with Gasteiger partial charge in [-0.1, -0.05) is 35.4 Å². The molecule has 0 fully saturated rings. The minimum atomic E-state index is 0.915. The average Bonchev–Trinajstić information content (AvgIpc) is 2.77. The van der Waals surface area contributed by atoms with E-state index in [4.69, 9.17) is 0 Å². The Hall–Kier alpha value is -3.72. The maximum Gasteiger partial charge on any atom is 0.0631 e. The number of aryl methyl sites for hydroxylation is 2. The van der Waals surface area contributed by atoms with Gasteiger partial charge in [0.15, 0.2) is 0 Å². The lowest BCUT2D eigenvalue weighted by Crippen LogP contribution is -2.09. The molecule has 3 aromatic carbocycles. The molecule has 4 aromatic rings. The summed E-state index contributed by atoms with van der Waals surface area (Å²) in [4.78, 5) is 10.9. The third-order valence-corrected chi connectivity index (χ3v) is 4.76. The van der Waals surface area contributed by atoms with Crippen LogP contribution < -0.4 is 4.90 Å². The largest absolute Gasteiger partial charge is 0.311 e. The zero-order chi connectivity index (χ0) is 20.1. The zero-order valence-electron chi connectivity index (χ0n) is 16.7. The van der Waals surface area contributed by atoms with Gasteiger partial charge in [0.25, 0.3) is 0 Å². The molecule has 4 rings (SSSR count). The number of anilines is 3. The van der Waals surface area contributed by atoms with Gasteiger partial charge < -0.3 is 4.90 Å². The molecule has 0 unspecified atom stereocenters. The van der Waals surface area contributed by atoms with Gasteiger partial charge in [0.05, 0.1) is 5.69 Å². The van der Waals surface area contributed by atoms with Gasteiger partial charge in [-0.15, -0.1) is 0 Å². The maximum atomic E-state index is 4.57. The molecule has 0 saturated heterocycles. The monoisotopic (exact) mass is 377 g/mol. The van der Waals surface area contributed by atoms with Crippen LogP contribution in [0.15, 0.2) is 102 Å². The van der Waals surface area contributed by atoms with Crippen LogP contribution in [0.4, 0.5) is 22.7 Å². The second kappa shape index (κ2) is 8.53. The van der Waals surface area contributed by atoms with Gasteiger partial charge in [0.2, 0.25) is 0 Å². The molecule has 0 amide bonds. The van der Waals surface area contributed by atoms with Crippen LogP contribution >= 0.6 is 0 Å². The Balaban J connectivity index is 1.66. The van der Waals surface area contributed by atoms with Gasteiger partial charge in [-0.3, -0.25) is 9.98 Å². The summed E-state index contributed by atoms with van der Waals surface area (Å²) in [6, 6.07) is 29.4. The molecule has 3 heteroatoms. The Kier molecular flexibility index (Phi) is 5.48. The van der Waals surface area contributed by atoms with E-state index in [2.05, 4.69) is 89.4 Å². The van der Waals surface area contributed by atoms with E-state index in [1.54, 1.807) is 12.4 Å². The van der Waals surface area contributed by atoms with Crippen molar-refractivity contribution in [3.05, 3.63) is 114 Å². The quantitative estimate of drug-likeness (QED) is 0.353. The van der Waals surface area contributed by atoms with Crippen molar-refractivity contribution in [1.82, 2.24) is 4.98 Å². The highest BCUT2D eigenvalue weighted by molar-refractivity contribution is 5.82. The lowest BCUT2D eigenvalue weighted by Gasteiger charge is -2.25. The fourth-order valence-electron chi connectivity index (χ4n) is 3.12. The lowest BCUT2D eigenvalue weighted by molar-refractivity contribution is 1.27. The lowest BCUT2D eigenvalue weighted by atomic mass is 10.1. The van der Waals surface area contributed by atoms with Crippen LogP contribution in [0.25, 0.3) is 0 Å². The van der Waals surface area contributed by atoms with Crippen LogP contribution in [0.2, 0.25) is 0 Å². The van der Waals surface area contributed by atoms with Crippen molar-refractivity contribution in [3.8, 4) is 0 Å². The van der Waals surface area contributed by atoms with Crippen LogP contribution in [-0.2, 0) is 0 Å². The molecule has 29 heavy (non-hydrogen) atoms. The van der Waals surface area contributed by atoms with Gasteiger partial charge in [-0.05, 0) is 80.1 Å². The normalized spacial score (nSPS) is 11.0. The summed E-state index contributed by atoms with van der Waals surface area (Å²) in [7, 11) is 0. The van der Waals surface area contributed by atoms with Crippen molar-refractivity contribution in [3.63, 3.8) is 0 Å². The number of benzene rings is 3.